The monoisotopic (exact) mass is 528 g/mol. The molecule has 0 aromatic heterocycles. The zero-order valence-corrected chi connectivity index (χ0v) is 24.9. The normalized spacial score (nSPS) is 29.2. The van der Waals surface area contributed by atoms with Crippen LogP contribution in [0.5, 0.6) is 17.2 Å². The van der Waals surface area contributed by atoms with Crippen molar-refractivity contribution in [3.05, 3.63) is 88.1 Å². The van der Waals surface area contributed by atoms with Crippen LogP contribution in [0, 0.1) is 17.8 Å². The number of rotatable bonds is 6. The van der Waals surface area contributed by atoms with Crippen LogP contribution in [0.4, 0.5) is 0 Å². The number of hydrogen-bond donors (Lipinski definition) is 3. The molecule has 0 aliphatic heterocycles. The molecule has 1 aromatic carbocycles. The van der Waals surface area contributed by atoms with Gasteiger partial charge in [-0.05, 0) is 97.8 Å². The number of phenolic OH excluding ortho intramolecular Hbond substituents is 3. The topological polar surface area (TPSA) is 60.7 Å². The minimum Gasteiger partial charge on any atom is -0.507 e. The minimum atomic E-state index is -0.219. The molecule has 39 heavy (non-hydrogen) atoms. The SMILES string of the molecule is C=C(C)[C@H]1CCC(C)=CC1c1c(O)c(C2C=C(C)CC[C@H]2C(=C)C)c(O)c([C@@H]2C=C(C)CC[C@H]2C(=C)C)c1O. The Hall–Kier alpha value is -2.94. The quantitative estimate of drug-likeness (QED) is 0.322. The standard InChI is InChI=1S/C36H48O3/c1-19(2)25-13-10-22(7)16-28(25)31-34(37)32(29-17-23(8)11-14-26(29)20(3)4)36(39)33(35(31)38)30-18-24(9)12-15-27(30)21(5)6/h16-18,25-30,37-39H,1,3,5,10-15H2,2,4,6-9H3/t25-,26-,27+,28+,29?,30?/m0/s1. The molecule has 0 spiro atoms. The van der Waals surface area contributed by atoms with E-state index in [1.54, 1.807) is 0 Å². The lowest BCUT2D eigenvalue weighted by molar-refractivity contribution is 0.361. The van der Waals surface area contributed by atoms with Gasteiger partial charge in [0.15, 0.2) is 0 Å². The summed E-state index contributed by atoms with van der Waals surface area (Å²) in [6, 6.07) is 0. The minimum absolute atomic E-state index is 0.0153. The molecule has 0 saturated carbocycles. The van der Waals surface area contributed by atoms with Crippen LogP contribution in [0.3, 0.4) is 0 Å². The first-order chi connectivity index (χ1) is 18.3. The van der Waals surface area contributed by atoms with Gasteiger partial charge in [-0.15, -0.1) is 0 Å². The summed E-state index contributed by atoms with van der Waals surface area (Å²) in [5, 5.41) is 36.3. The number of aromatic hydroxyl groups is 3. The summed E-state index contributed by atoms with van der Waals surface area (Å²) >= 11 is 0. The Morgan fingerprint density at radius 3 is 0.974 bits per heavy atom. The first-order valence-corrected chi connectivity index (χ1v) is 14.6. The van der Waals surface area contributed by atoms with Crippen LogP contribution in [0.25, 0.3) is 0 Å². The van der Waals surface area contributed by atoms with Crippen molar-refractivity contribution in [2.24, 2.45) is 17.8 Å². The zero-order chi connectivity index (χ0) is 28.8. The summed E-state index contributed by atoms with van der Waals surface area (Å²) in [4.78, 5) is 0. The van der Waals surface area contributed by atoms with E-state index in [9.17, 15) is 15.3 Å². The van der Waals surface area contributed by atoms with Crippen molar-refractivity contribution in [3.63, 3.8) is 0 Å². The molecular formula is C36H48O3. The van der Waals surface area contributed by atoms with Crippen molar-refractivity contribution in [2.45, 2.75) is 97.8 Å². The average molecular weight is 529 g/mol. The van der Waals surface area contributed by atoms with Crippen molar-refractivity contribution >= 4 is 0 Å². The molecule has 0 radical (unpaired) electrons. The molecule has 3 heteroatoms. The van der Waals surface area contributed by atoms with Crippen molar-refractivity contribution in [1.29, 1.82) is 0 Å². The second-order valence-electron chi connectivity index (χ2n) is 12.9. The molecule has 1 aromatic rings. The Morgan fingerprint density at radius 2 is 0.769 bits per heavy atom. The fraction of sp³-hybridized carbons (Fsp3) is 0.500. The third kappa shape index (κ3) is 5.42. The van der Waals surface area contributed by atoms with E-state index in [2.05, 4.69) is 58.7 Å². The van der Waals surface area contributed by atoms with Gasteiger partial charge in [-0.25, -0.2) is 0 Å². The van der Waals surface area contributed by atoms with E-state index in [1.165, 1.54) is 16.7 Å². The predicted molar refractivity (Wildman–Crippen MR) is 164 cm³/mol. The van der Waals surface area contributed by atoms with Crippen LogP contribution in [-0.4, -0.2) is 15.3 Å². The Bertz CT molecular complexity index is 1110. The van der Waals surface area contributed by atoms with Crippen LogP contribution in [0.15, 0.2) is 71.4 Å². The zero-order valence-electron chi connectivity index (χ0n) is 24.9. The molecule has 3 N–H and O–H groups in total. The molecule has 6 atom stereocenters. The molecule has 0 bridgehead atoms. The summed E-state index contributed by atoms with van der Waals surface area (Å²) < 4.78 is 0. The first-order valence-electron chi connectivity index (χ1n) is 14.6. The summed E-state index contributed by atoms with van der Waals surface area (Å²) in [7, 11) is 0. The van der Waals surface area contributed by atoms with Crippen LogP contribution in [0.1, 0.15) is 115 Å². The van der Waals surface area contributed by atoms with Gasteiger partial charge in [0.05, 0.1) is 0 Å². The smallest absolute Gasteiger partial charge is 0.130 e. The molecule has 2 unspecified atom stereocenters. The van der Waals surface area contributed by atoms with Gasteiger partial charge in [0.25, 0.3) is 0 Å². The van der Waals surface area contributed by atoms with Crippen LogP contribution < -0.4 is 0 Å². The molecule has 3 aliphatic carbocycles. The third-order valence-corrected chi connectivity index (χ3v) is 9.67. The van der Waals surface area contributed by atoms with E-state index < -0.39 is 0 Å². The maximum atomic E-state index is 12.1. The molecule has 4 rings (SSSR count). The summed E-state index contributed by atoms with van der Waals surface area (Å²) in [5.41, 5.74) is 8.44. The van der Waals surface area contributed by atoms with E-state index in [0.717, 1.165) is 55.2 Å². The lowest BCUT2D eigenvalue weighted by Crippen LogP contribution is -2.22. The van der Waals surface area contributed by atoms with E-state index in [-0.39, 0.29) is 52.8 Å². The summed E-state index contributed by atoms with van der Waals surface area (Å²) in [6.45, 7) is 25.3. The highest BCUT2D eigenvalue weighted by atomic mass is 16.3. The van der Waals surface area contributed by atoms with Gasteiger partial charge in [0.1, 0.15) is 17.2 Å². The molecule has 210 valence electrons. The van der Waals surface area contributed by atoms with Gasteiger partial charge in [0, 0.05) is 34.4 Å². The largest absolute Gasteiger partial charge is 0.507 e. The highest BCUT2D eigenvalue weighted by Gasteiger charge is 2.41. The average Bonchev–Trinajstić information content (AvgIpc) is 2.83. The molecule has 3 nitrogen and oxygen atoms in total. The van der Waals surface area contributed by atoms with Crippen molar-refractivity contribution in [3.8, 4) is 17.2 Å². The van der Waals surface area contributed by atoms with Crippen molar-refractivity contribution < 1.29 is 15.3 Å². The lowest BCUT2D eigenvalue weighted by Gasteiger charge is -2.38. The van der Waals surface area contributed by atoms with Gasteiger partial charge in [0.2, 0.25) is 0 Å². The third-order valence-electron chi connectivity index (χ3n) is 9.67. The van der Waals surface area contributed by atoms with Gasteiger partial charge in [-0.3, -0.25) is 0 Å². The van der Waals surface area contributed by atoms with Gasteiger partial charge in [-0.2, -0.15) is 0 Å². The first kappa shape index (κ1) is 29.1. The highest BCUT2D eigenvalue weighted by Crippen LogP contribution is 2.58. The fourth-order valence-corrected chi connectivity index (χ4v) is 7.44. The van der Waals surface area contributed by atoms with Crippen molar-refractivity contribution in [1.82, 2.24) is 0 Å². The lowest BCUT2D eigenvalue weighted by atomic mass is 9.67. The van der Waals surface area contributed by atoms with Gasteiger partial charge in [-0.1, -0.05) is 71.4 Å². The van der Waals surface area contributed by atoms with E-state index in [4.69, 9.17) is 0 Å². The number of allylic oxidation sites excluding steroid dienone is 9. The van der Waals surface area contributed by atoms with Crippen LogP contribution >= 0.6 is 0 Å². The van der Waals surface area contributed by atoms with E-state index >= 15 is 0 Å². The molecule has 0 amide bonds. The van der Waals surface area contributed by atoms with Crippen LogP contribution in [-0.2, 0) is 0 Å². The Kier molecular flexibility index (Phi) is 8.40. The fourth-order valence-electron chi connectivity index (χ4n) is 7.44. The molecule has 3 aliphatic rings. The second kappa shape index (κ2) is 11.3. The number of phenols is 3. The summed E-state index contributed by atoms with van der Waals surface area (Å²) in [6.07, 6.45) is 12.2. The Labute approximate surface area is 236 Å². The Morgan fingerprint density at radius 1 is 0.538 bits per heavy atom. The predicted octanol–water partition coefficient (Wildman–Crippen LogP) is 9.85. The molecule has 0 fully saturated rings. The molecule has 0 heterocycles. The number of hydrogen-bond acceptors (Lipinski definition) is 3. The maximum absolute atomic E-state index is 12.1. The van der Waals surface area contributed by atoms with E-state index in [0.29, 0.717) is 16.7 Å². The van der Waals surface area contributed by atoms with E-state index in [1.807, 2.05) is 20.8 Å². The molecule has 0 saturated heterocycles. The van der Waals surface area contributed by atoms with Gasteiger partial charge < -0.3 is 15.3 Å². The van der Waals surface area contributed by atoms with Crippen LogP contribution in [0.2, 0.25) is 0 Å². The number of benzene rings is 1. The molecular weight excluding hydrogens is 480 g/mol. The maximum Gasteiger partial charge on any atom is 0.130 e. The Balaban J connectivity index is 2.10. The van der Waals surface area contributed by atoms with Gasteiger partial charge >= 0.3 is 0 Å². The van der Waals surface area contributed by atoms with Crippen molar-refractivity contribution in [2.75, 3.05) is 0 Å². The second-order valence-corrected chi connectivity index (χ2v) is 12.9. The summed E-state index contributed by atoms with van der Waals surface area (Å²) in [5.74, 6) is -0.329. The highest BCUT2D eigenvalue weighted by molar-refractivity contribution is 5.68.